The van der Waals surface area contributed by atoms with Crippen LogP contribution in [-0.2, 0) is 23.7 Å². The highest BCUT2D eigenvalue weighted by atomic mass is 19.4. The predicted molar refractivity (Wildman–Crippen MR) is 168 cm³/mol. The van der Waals surface area contributed by atoms with Crippen molar-refractivity contribution in [3.63, 3.8) is 0 Å². The number of carboxylic acid groups (broad SMARTS) is 1. The largest absolute Gasteiger partial charge is 0.481 e. The Kier molecular flexibility index (Phi) is 11.5. The number of aliphatic carboxylic acids is 1. The van der Waals surface area contributed by atoms with E-state index in [1.807, 2.05) is 18.2 Å². The molecule has 0 aromatic heterocycles. The Balaban J connectivity index is 1.73. The minimum Gasteiger partial charge on any atom is -0.481 e. The second kappa shape index (κ2) is 15.5. The van der Waals surface area contributed by atoms with Crippen LogP contribution in [0.3, 0.4) is 0 Å². The Morgan fingerprint density at radius 1 is 0.917 bits per heavy atom. The van der Waals surface area contributed by atoms with Crippen molar-refractivity contribution in [2.24, 2.45) is 4.99 Å². The van der Waals surface area contributed by atoms with Crippen molar-refractivity contribution in [3.8, 4) is 6.07 Å². The van der Waals surface area contributed by atoms with Gasteiger partial charge in [0.05, 0.1) is 30.2 Å². The number of nitriles is 1. The van der Waals surface area contributed by atoms with Crippen molar-refractivity contribution in [1.29, 1.82) is 5.26 Å². The Morgan fingerprint density at radius 3 is 2.10 bits per heavy atom. The van der Waals surface area contributed by atoms with Crippen molar-refractivity contribution < 1.29 is 41.0 Å². The van der Waals surface area contributed by atoms with Crippen LogP contribution in [0, 0.1) is 11.3 Å². The average molecular weight is 672 g/mol. The molecule has 0 heterocycles. The van der Waals surface area contributed by atoms with E-state index in [4.69, 9.17) is 5.11 Å². The van der Waals surface area contributed by atoms with Crippen LogP contribution < -0.4 is 15.5 Å². The fourth-order valence-corrected chi connectivity index (χ4v) is 5.03. The highest BCUT2D eigenvalue weighted by molar-refractivity contribution is 6.05. The van der Waals surface area contributed by atoms with E-state index < -0.39 is 47.6 Å². The van der Waals surface area contributed by atoms with Crippen molar-refractivity contribution in [3.05, 3.63) is 101 Å². The summed E-state index contributed by atoms with van der Waals surface area (Å²) in [5, 5.41) is 23.2. The van der Waals surface area contributed by atoms with E-state index in [-0.39, 0.29) is 37.1 Å². The van der Waals surface area contributed by atoms with E-state index in [9.17, 15) is 41.2 Å². The molecule has 0 saturated carbocycles. The fourth-order valence-electron chi connectivity index (χ4n) is 5.03. The van der Waals surface area contributed by atoms with Gasteiger partial charge in [-0.05, 0) is 84.8 Å². The molecule has 0 spiro atoms. The predicted octanol–water partition coefficient (Wildman–Crippen LogP) is 7.88. The number of allylic oxidation sites excluding steroid dienone is 2. The van der Waals surface area contributed by atoms with Crippen LogP contribution in [-0.4, -0.2) is 36.0 Å². The number of amides is 1. The van der Waals surface area contributed by atoms with Crippen molar-refractivity contribution in [2.75, 3.05) is 23.3 Å². The van der Waals surface area contributed by atoms with Gasteiger partial charge in [0.1, 0.15) is 6.54 Å². The molecule has 252 valence electrons. The quantitative estimate of drug-likeness (QED) is 0.0874. The summed E-state index contributed by atoms with van der Waals surface area (Å²) >= 11 is 0. The van der Waals surface area contributed by atoms with Crippen molar-refractivity contribution >= 4 is 34.8 Å². The molecule has 3 N–H and O–H groups in total. The maximum Gasteiger partial charge on any atom is 0.416 e. The average Bonchev–Trinajstić information content (AvgIpc) is 3.05. The summed E-state index contributed by atoms with van der Waals surface area (Å²) in [5.41, 5.74) is -0.177. The Bertz CT molecular complexity index is 1680. The second-order valence-electron chi connectivity index (χ2n) is 10.9. The van der Waals surface area contributed by atoms with E-state index in [0.29, 0.717) is 23.4 Å². The van der Waals surface area contributed by atoms with Gasteiger partial charge in [0.25, 0.3) is 5.91 Å². The third-order valence-electron chi connectivity index (χ3n) is 7.42. The monoisotopic (exact) mass is 671 g/mol. The first-order chi connectivity index (χ1) is 22.7. The summed E-state index contributed by atoms with van der Waals surface area (Å²) in [5.74, 6) is -1.77. The molecule has 8 nitrogen and oxygen atoms in total. The topological polar surface area (TPSA) is 118 Å². The lowest BCUT2D eigenvalue weighted by Crippen LogP contribution is -2.36. The molecule has 0 atom stereocenters. The number of nitrogens with zero attached hydrogens (tertiary/aromatic N) is 3. The number of alkyl halides is 6. The first-order valence-corrected chi connectivity index (χ1v) is 14.9. The molecule has 48 heavy (non-hydrogen) atoms. The molecule has 4 rings (SSSR count). The number of anilines is 2. The summed E-state index contributed by atoms with van der Waals surface area (Å²) < 4.78 is 81.8. The zero-order chi connectivity index (χ0) is 34.9. The van der Waals surface area contributed by atoms with Gasteiger partial charge in [0.2, 0.25) is 5.96 Å². The number of halogens is 6. The highest BCUT2D eigenvalue weighted by Gasteiger charge is 2.37. The number of carbonyl (C=O) groups excluding carboxylic acids is 1. The summed E-state index contributed by atoms with van der Waals surface area (Å²) in [6, 6.07) is 16.3. The summed E-state index contributed by atoms with van der Waals surface area (Å²) in [4.78, 5) is 28.9. The molecule has 1 amide bonds. The molecular formula is C34H31F6N5O3. The van der Waals surface area contributed by atoms with Crippen LogP contribution in [0.15, 0.2) is 77.8 Å². The summed E-state index contributed by atoms with van der Waals surface area (Å²) in [6.07, 6.45) is -4.28. The van der Waals surface area contributed by atoms with E-state index in [1.54, 1.807) is 24.3 Å². The molecule has 1 aliphatic rings. The maximum absolute atomic E-state index is 13.6. The van der Waals surface area contributed by atoms with Crippen LogP contribution in [0.4, 0.5) is 37.7 Å². The van der Waals surface area contributed by atoms with Gasteiger partial charge in [-0.3, -0.25) is 9.59 Å². The number of benzene rings is 3. The van der Waals surface area contributed by atoms with Crippen LogP contribution in [0.25, 0.3) is 5.57 Å². The lowest BCUT2D eigenvalue weighted by molar-refractivity contribution is -0.143. The molecule has 14 heteroatoms. The molecule has 0 saturated heterocycles. The molecule has 0 fully saturated rings. The number of hydrogen-bond donors (Lipinski definition) is 3. The molecule has 0 bridgehead atoms. The zero-order valence-corrected chi connectivity index (χ0v) is 25.5. The molecule has 1 aliphatic carbocycles. The lowest BCUT2D eigenvalue weighted by Gasteiger charge is -2.28. The number of nitrogens with one attached hydrogen (secondary N) is 2. The second-order valence-corrected chi connectivity index (χ2v) is 10.9. The third-order valence-corrected chi connectivity index (χ3v) is 7.42. The third kappa shape index (κ3) is 9.84. The number of rotatable bonds is 10. The summed E-state index contributed by atoms with van der Waals surface area (Å²) in [6.45, 7) is -0.567. The number of guanidine groups is 1. The van der Waals surface area contributed by atoms with E-state index in [0.717, 1.165) is 36.8 Å². The lowest BCUT2D eigenvalue weighted by atomic mass is 9.93. The van der Waals surface area contributed by atoms with E-state index in [1.165, 1.54) is 17.0 Å². The summed E-state index contributed by atoms with van der Waals surface area (Å²) in [7, 11) is 0. The SMILES string of the molecule is N#CCN=C(Nc1cc(C(F)(F)F)cc(C(F)(F)F)c1)N(Cc1ccc(C(=O)NCCC(=O)O)cc1)c1ccc(C2=CCCCC2)cc1. The number of carbonyl (C=O) groups is 2. The van der Waals surface area contributed by atoms with Gasteiger partial charge in [-0.2, -0.15) is 31.6 Å². The van der Waals surface area contributed by atoms with Crippen LogP contribution in [0.1, 0.15) is 64.7 Å². The van der Waals surface area contributed by atoms with Gasteiger partial charge < -0.3 is 20.6 Å². The molecule has 0 radical (unpaired) electrons. The minimum atomic E-state index is -5.08. The number of aliphatic imine (C=N–C) groups is 1. The normalized spacial score (nSPS) is 13.7. The van der Waals surface area contributed by atoms with E-state index in [2.05, 4.69) is 21.7 Å². The molecule has 3 aromatic rings. The minimum absolute atomic E-state index is 0.0209. The Morgan fingerprint density at radius 2 is 1.56 bits per heavy atom. The molecular weight excluding hydrogens is 640 g/mol. The molecule has 0 aliphatic heterocycles. The molecule has 3 aromatic carbocycles. The van der Waals surface area contributed by atoms with Gasteiger partial charge in [-0.15, -0.1) is 0 Å². The van der Waals surface area contributed by atoms with Gasteiger partial charge in [0, 0.05) is 23.5 Å². The van der Waals surface area contributed by atoms with Gasteiger partial charge >= 0.3 is 18.3 Å². The van der Waals surface area contributed by atoms with Crippen molar-refractivity contribution in [1.82, 2.24) is 5.32 Å². The maximum atomic E-state index is 13.6. The smallest absolute Gasteiger partial charge is 0.416 e. The van der Waals surface area contributed by atoms with Crippen LogP contribution in [0.5, 0.6) is 0 Å². The fraction of sp³-hybridized carbons (Fsp3) is 0.294. The van der Waals surface area contributed by atoms with E-state index >= 15 is 0 Å². The zero-order valence-electron chi connectivity index (χ0n) is 25.5. The van der Waals surface area contributed by atoms with Gasteiger partial charge in [-0.1, -0.05) is 30.3 Å². The Hall–Kier alpha value is -5.32. The van der Waals surface area contributed by atoms with Gasteiger partial charge in [-0.25, -0.2) is 4.99 Å². The number of carboxylic acids is 1. The standard InChI is InChI=1S/C34H31F6N5O3/c35-33(36,37)26-18-27(34(38,39)40)20-28(19-26)44-32(43-17-15-41)45(29-12-10-24(11-13-29)23-4-2-1-3-5-23)21-22-6-8-25(9-7-22)31(48)42-16-14-30(46)47/h4,6-13,18-20H,1-3,5,14,16-17,21H2,(H,42,48)(H,43,44)(H,46,47). The number of hydrogen-bond acceptors (Lipinski definition) is 4. The Labute approximate surface area is 272 Å². The van der Waals surface area contributed by atoms with Crippen molar-refractivity contribution in [2.45, 2.75) is 51.0 Å². The molecule has 0 unspecified atom stereocenters. The van der Waals surface area contributed by atoms with Crippen LogP contribution in [0.2, 0.25) is 0 Å². The van der Waals surface area contributed by atoms with Crippen LogP contribution >= 0.6 is 0 Å². The first-order valence-electron chi connectivity index (χ1n) is 14.9. The van der Waals surface area contributed by atoms with Gasteiger partial charge in [0.15, 0.2) is 0 Å². The highest BCUT2D eigenvalue weighted by Crippen LogP contribution is 2.38. The first kappa shape index (κ1) is 35.5.